The van der Waals surface area contributed by atoms with Crippen molar-refractivity contribution in [3.05, 3.63) is 72.9 Å². The average molecular weight is 1330 g/mol. The fourth-order valence-corrected chi connectivity index (χ4v) is 12.7. The van der Waals surface area contributed by atoms with Crippen LogP contribution < -0.4 is 5.32 Å². The number of unbranched alkanes of at least 4 members (excludes halogenated alkanes) is 42. The van der Waals surface area contributed by atoms with Crippen LogP contribution in [0, 0.1) is 0 Å². The Hall–Kier alpha value is -2.57. The largest absolute Gasteiger partial charge is 0.394 e. The van der Waals surface area contributed by atoms with Gasteiger partial charge in [0, 0.05) is 6.42 Å². The van der Waals surface area contributed by atoms with Crippen LogP contribution in [0.2, 0.25) is 0 Å². The number of nitrogens with one attached hydrogen (secondary N) is 1. The standard InChI is InChI=1S/C80H145NO13/c1-3-5-7-9-11-13-15-17-19-21-23-25-27-28-29-30-31-32-33-34-35-36-37-38-39-40-42-44-46-48-50-52-54-56-58-60-62-64-72(85)81-68(67-91-79-77(90)75(88)78(71(66-83)93-79)94-80-76(89)74(87)73(86)70(65-82)92-80)69(84)63-61-59-57-55-53-51-49-47-45-43-41-26-24-22-20-18-16-14-12-10-8-6-4-2/h5,7,11,13,17,19,23,25,53,55,61,63,68-71,73-80,82-84,86-90H,3-4,6,8-10,12,14-16,18,20-22,24,26-52,54,56-60,62,64-67H2,1-2H3,(H,81,85)/b7-5-,13-11-,19-17-,25-23-,55-53+,63-61+. The summed E-state index contributed by atoms with van der Waals surface area (Å²) in [6, 6.07) is -0.933. The maximum absolute atomic E-state index is 13.4. The Morgan fingerprint density at radius 2 is 0.745 bits per heavy atom. The first-order chi connectivity index (χ1) is 46.1. The van der Waals surface area contributed by atoms with E-state index in [1.165, 1.54) is 244 Å². The first kappa shape index (κ1) is 87.5. The summed E-state index contributed by atoms with van der Waals surface area (Å²) < 4.78 is 22.9. The molecule has 94 heavy (non-hydrogen) atoms. The third-order valence-electron chi connectivity index (χ3n) is 18.9. The van der Waals surface area contributed by atoms with E-state index >= 15 is 0 Å². The number of amides is 1. The zero-order valence-corrected chi connectivity index (χ0v) is 60.0. The molecule has 14 heteroatoms. The minimum Gasteiger partial charge on any atom is -0.394 e. The molecule has 0 radical (unpaired) electrons. The van der Waals surface area contributed by atoms with Crippen LogP contribution in [0.4, 0.5) is 0 Å². The van der Waals surface area contributed by atoms with Crippen LogP contribution in [0.5, 0.6) is 0 Å². The Kier molecular flexibility index (Phi) is 59.4. The van der Waals surface area contributed by atoms with Crippen molar-refractivity contribution in [1.29, 1.82) is 0 Å². The molecular weight excluding hydrogens is 1180 g/mol. The van der Waals surface area contributed by atoms with Gasteiger partial charge < -0.3 is 65.1 Å². The van der Waals surface area contributed by atoms with E-state index in [1.807, 2.05) is 6.08 Å². The summed E-state index contributed by atoms with van der Waals surface area (Å²) in [5, 5.41) is 87.6. The molecule has 2 heterocycles. The Balaban J connectivity index is 1.60. The van der Waals surface area contributed by atoms with Gasteiger partial charge in [-0.2, -0.15) is 0 Å². The second kappa shape index (κ2) is 63.8. The molecule has 0 aromatic heterocycles. The highest BCUT2D eigenvalue weighted by molar-refractivity contribution is 5.76. The summed E-state index contributed by atoms with van der Waals surface area (Å²) in [5.74, 6) is -0.244. The van der Waals surface area contributed by atoms with Crippen molar-refractivity contribution in [3.8, 4) is 0 Å². The third kappa shape index (κ3) is 46.7. The Labute approximate surface area is 574 Å². The molecule has 2 aliphatic heterocycles. The minimum absolute atomic E-state index is 0.244. The average Bonchev–Trinajstić information content (AvgIpc) is 0.794. The van der Waals surface area contributed by atoms with Crippen molar-refractivity contribution in [2.45, 2.75) is 408 Å². The zero-order valence-electron chi connectivity index (χ0n) is 60.0. The number of carbonyl (C=O) groups is 1. The highest BCUT2D eigenvalue weighted by Gasteiger charge is 2.51. The number of hydrogen-bond acceptors (Lipinski definition) is 13. The first-order valence-corrected chi connectivity index (χ1v) is 39.2. The Bertz CT molecular complexity index is 1860. The lowest BCUT2D eigenvalue weighted by Gasteiger charge is -2.46. The number of hydrogen-bond donors (Lipinski definition) is 9. The summed E-state index contributed by atoms with van der Waals surface area (Å²) in [6.45, 7) is 2.72. The van der Waals surface area contributed by atoms with Crippen LogP contribution in [-0.4, -0.2) is 140 Å². The van der Waals surface area contributed by atoms with Gasteiger partial charge in [-0.25, -0.2) is 0 Å². The van der Waals surface area contributed by atoms with Gasteiger partial charge in [-0.15, -0.1) is 0 Å². The predicted molar refractivity (Wildman–Crippen MR) is 387 cm³/mol. The monoisotopic (exact) mass is 1330 g/mol. The summed E-state index contributed by atoms with van der Waals surface area (Å²) in [5.41, 5.74) is 0. The molecule has 1 amide bonds. The van der Waals surface area contributed by atoms with Crippen LogP contribution in [0.3, 0.4) is 0 Å². The van der Waals surface area contributed by atoms with Gasteiger partial charge in [0.1, 0.15) is 48.8 Å². The number of aliphatic hydroxyl groups is 8. The number of aliphatic hydroxyl groups excluding tert-OH is 8. The van der Waals surface area contributed by atoms with E-state index in [1.54, 1.807) is 6.08 Å². The second-order valence-electron chi connectivity index (χ2n) is 27.4. The maximum Gasteiger partial charge on any atom is 0.220 e. The molecule has 12 unspecified atom stereocenters. The lowest BCUT2D eigenvalue weighted by Crippen LogP contribution is -2.65. The van der Waals surface area contributed by atoms with Crippen molar-refractivity contribution in [2.24, 2.45) is 0 Å². The normalized spacial score (nSPS) is 22.8. The van der Waals surface area contributed by atoms with E-state index in [0.717, 1.165) is 57.8 Å². The molecule has 2 saturated heterocycles. The summed E-state index contributed by atoms with van der Waals surface area (Å²) in [7, 11) is 0. The molecule has 0 aromatic carbocycles. The van der Waals surface area contributed by atoms with E-state index in [9.17, 15) is 45.6 Å². The molecule has 0 saturated carbocycles. The van der Waals surface area contributed by atoms with Gasteiger partial charge in [-0.05, 0) is 70.6 Å². The summed E-state index contributed by atoms with van der Waals surface area (Å²) >= 11 is 0. The molecule has 548 valence electrons. The summed E-state index contributed by atoms with van der Waals surface area (Å²) in [4.78, 5) is 13.4. The predicted octanol–water partition coefficient (Wildman–Crippen LogP) is 17.4. The minimum atomic E-state index is -1.79. The van der Waals surface area contributed by atoms with E-state index < -0.39 is 86.8 Å². The Morgan fingerprint density at radius 3 is 1.17 bits per heavy atom. The van der Waals surface area contributed by atoms with Gasteiger partial charge >= 0.3 is 0 Å². The molecule has 2 fully saturated rings. The maximum atomic E-state index is 13.4. The van der Waals surface area contributed by atoms with Crippen LogP contribution in [0.15, 0.2) is 72.9 Å². The molecule has 9 N–H and O–H groups in total. The van der Waals surface area contributed by atoms with Crippen molar-refractivity contribution < 1.29 is 64.6 Å². The first-order valence-electron chi connectivity index (χ1n) is 39.2. The van der Waals surface area contributed by atoms with Crippen molar-refractivity contribution >= 4 is 5.91 Å². The zero-order chi connectivity index (χ0) is 68.0. The number of ether oxygens (including phenoxy) is 4. The highest BCUT2D eigenvalue weighted by atomic mass is 16.7. The molecule has 2 rings (SSSR count). The van der Waals surface area contributed by atoms with Crippen LogP contribution in [-0.2, 0) is 23.7 Å². The molecule has 0 aliphatic carbocycles. The van der Waals surface area contributed by atoms with Gasteiger partial charge in [0.05, 0.1) is 32.0 Å². The van der Waals surface area contributed by atoms with Gasteiger partial charge in [-0.3, -0.25) is 4.79 Å². The number of allylic oxidation sites excluding steroid dienone is 11. The van der Waals surface area contributed by atoms with Gasteiger partial charge in [0.25, 0.3) is 0 Å². The SMILES string of the molecule is CC/C=C\C/C=C\C/C=C\C/C=C\CCCCCCCCCCCCCCCCCCCCCCCCCCC(=O)NC(COC1OC(CO)C(OC2OC(CO)C(O)C(O)C2O)C(O)C1O)C(O)/C=C/CC/C=C/CCCCCCCCCCCCCCCCCCC. The smallest absolute Gasteiger partial charge is 0.220 e. The number of rotatable bonds is 65. The second-order valence-corrected chi connectivity index (χ2v) is 27.4. The van der Waals surface area contributed by atoms with Gasteiger partial charge in [0.2, 0.25) is 5.91 Å². The van der Waals surface area contributed by atoms with Crippen LogP contribution >= 0.6 is 0 Å². The summed E-state index contributed by atoms with van der Waals surface area (Å²) in [6.07, 6.45) is 71.3. The van der Waals surface area contributed by atoms with Gasteiger partial charge in [-0.1, -0.05) is 331 Å². The molecule has 12 atom stereocenters. The Morgan fingerprint density at radius 1 is 0.394 bits per heavy atom. The molecule has 14 nitrogen and oxygen atoms in total. The van der Waals surface area contributed by atoms with Crippen molar-refractivity contribution in [3.63, 3.8) is 0 Å². The van der Waals surface area contributed by atoms with Gasteiger partial charge in [0.15, 0.2) is 12.6 Å². The molecule has 0 spiro atoms. The lowest BCUT2D eigenvalue weighted by atomic mass is 9.97. The van der Waals surface area contributed by atoms with E-state index in [4.69, 9.17) is 18.9 Å². The topological polar surface area (TPSA) is 228 Å². The van der Waals surface area contributed by atoms with Crippen LogP contribution in [0.25, 0.3) is 0 Å². The quantitative estimate of drug-likeness (QED) is 0.0204. The molecular formula is C80H145NO13. The van der Waals surface area contributed by atoms with Crippen LogP contribution in [0.1, 0.15) is 335 Å². The van der Waals surface area contributed by atoms with E-state index in [2.05, 4.69) is 79.9 Å². The van der Waals surface area contributed by atoms with E-state index in [0.29, 0.717) is 12.8 Å². The van der Waals surface area contributed by atoms with Crippen molar-refractivity contribution in [1.82, 2.24) is 5.32 Å². The molecule has 2 aliphatic rings. The fourth-order valence-electron chi connectivity index (χ4n) is 12.7. The highest BCUT2D eigenvalue weighted by Crippen LogP contribution is 2.30. The third-order valence-corrected chi connectivity index (χ3v) is 18.9. The lowest BCUT2D eigenvalue weighted by molar-refractivity contribution is -0.359. The fraction of sp³-hybridized carbons (Fsp3) is 0.838. The number of carbonyl (C=O) groups excluding carboxylic acids is 1. The molecule has 0 bridgehead atoms. The van der Waals surface area contributed by atoms with Crippen molar-refractivity contribution in [2.75, 3.05) is 19.8 Å². The van der Waals surface area contributed by atoms with E-state index in [-0.39, 0.29) is 18.9 Å². The molecule has 0 aromatic rings.